The summed E-state index contributed by atoms with van der Waals surface area (Å²) in [4.78, 5) is 12.3. The molecule has 0 aromatic heterocycles. The van der Waals surface area contributed by atoms with Gasteiger partial charge in [-0.3, -0.25) is 0 Å². The number of benzene rings is 1. The Kier molecular flexibility index (Phi) is 5.24. The molecule has 22 heavy (non-hydrogen) atoms. The van der Waals surface area contributed by atoms with Gasteiger partial charge in [0.25, 0.3) is 0 Å². The van der Waals surface area contributed by atoms with Gasteiger partial charge in [-0.25, -0.2) is 17.5 Å². The molecule has 1 fully saturated rings. The van der Waals surface area contributed by atoms with Gasteiger partial charge in [0.1, 0.15) is 6.10 Å². The molecule has 1 aliphatic rings. The summed E-state index contributed by atoms with van der Waals surface area (Å²) in [7, 11) is -0.625. The van der Waals surface area contributed by atoms with Crippen molar-refractivity contribution >= 4 is 16.0 Å². The molecule has 0 radical (unpaired) electrons. The fourth-order valence-electron chi connectivity index (χ4n) is 2.70. The number of sulfonamides is 1. The van der Waals surface area contributed by atoms with E-state index in [-0.39, 0.29) is 16.6 Å². The highest BCUT2D eigenvalue weighted by Crippen LogP contribution is 2.26. The largest absolute Gasteiger partial charge is 0.459 e. The summed E-state index contributed by atoms with van der Waals surface area (Å²) in [5.41, 5.74) is 0.279. The van der Waals surface area contributed by atoms with Crippen LogP contribution < -0.4 is 0 Å². The molecule has 1 aliphatic carbocycles. The Morgan fingerprint density at radius 1 is 1.27 bits per heavy atom. The Labute approximate surface area is 132 Å². The average Bonchev–Trinajstić information content (AvgIpc) is 2.47. The second kappa shape index (κ2) is 6.79. The van der Waals surface area contributed by atoms with Crippen molar-refractivity contribution in [3.05, 3.63) is 29.8 Å². The number of carbonyl (C=O) groups is 1. The molecule has 0 bridgehead atoms. The second-order valence-electron chi connectivity index (χ2n) is 6.11. The molecule has 0 saturated heterocycles. The maximum Gasteiger partial charge on any atom is 0.338 e. The molecule has 0 aliphatic heterocycles. The third-order valence-corrected chi connectivity index (χ3v) is 5.82. The van der Waals surface area contributed by atoms with E-state index in [1.807, 2.05) is 0 Å². The first-order valence-corrected chi connectivity index (χ1v) is 8.98. The quantitative estimate of drug-likeness (QED) is 0.798. The third-order valence-electron chi connectivity index (χ3n) is 4.01. The van der Waals surface area contributed by atoms with Crippen LogP contribution in [0.2, 0.25) is 0 Å². The Morgan fingerprint density at radius 3 is 2.64 bits per heavy atom. The zero-order valence-electron chi connectivity index (χ0n) is 13.3. The molecule has 0 heterocycles. The van der Waals surface area contributed by atoms with Gasteiger partial charge in [0.15, 0.2) is 0 Å². The fourth-order valence-corrected chi connectivity index (χ4v) is 3.65. The number of esters is 1. The van der Waals surface area contributed by atoms with Crippen molar-refractivity contribution < 1.29 is 17.9 Å². The van der Waals surface area contributed by atoms with E-state index in [0.29, 0.717) is 5.92 Å². The van der Waals surface area contributed by atoms with Crippen LogP contribution in [0.5, 0.6) is 0 Å². The van der Waals surface area contributed by atoms with Gasteiger partial charge in [0.05, 0.1) is 10.5 Å². The maximum atomic E-state index is 12.2. The average molecular weight is 325 g/mol. The van der Waals surface area contributed by atoms with Crippen LogP contribution in [-0.4, -0.2) is 38.9 Å². The predicted molar refractivity (Wildman–Crippen MR) is 84.2 cm³/mol. The predicted octanol–water partition coefficient (Wildman–Crippen LogP) is 2.67. The summed E-state index contributed by atoms with van der Waals surface area (Å²) < 4.78 is 30.9. The van der Waals surface area contributed by atoms with E-state index < -0.39 is 16.0 Å². The summed E-state index contributed by atoms with van der Waals surface area (Å²) in [6.07, 6.45) is 3.93. The normalized spacial score (nSPS) is 22.5. The molecule has 2 atom stereocenters. The van der Waals surface area contributed by atoms with Gasteiger partial charge in [-0.2, -0.15) is 0 Å². The van der Waals surface area contributed by atoms with Crippen molar-refractivity contribution in [1.29, 1.82) is 0 Å². The van der Waals surface area contributed by atoms with E-state index >= 15 is 0 Å². The summed E-state index contributed by atoms with van der Waals surface area (Å²) in [6.45, 7) is 2.16. The van der Waals surface area contributed by atoms with E-state index in [4.69, 9.17) is 4.74 Å². The highest BCUT2D eigenvalue weighted by atomic mass is 32.2. The molecule has 5 nitrogen and oxygen atoms in total. The zero-order valence-corrected chi connectivity index (χ0v) is 14.1. The van der Waals surface area contributed by atoms with Crippen LogP contribution in [0.4, 0.5) is 0 Å². The zero-order chi connectivity index (χ0) is 16.3. The number of hydrogen-bond acceptors (Lipinski definition) is 4. The van der Waals surface area contributed by atoms with Crippen LogP contribution in [0.1, 0.15) is 43.0 Å². The van der Waals surface area contributed by atoms with Crippen LogP contribution in [-0.2, 0) is 14.8 Å². The summed E-state index contributed by atoms with van der Waals surface area (Å²) in [6, 6.07) is 6.01. The number of rotatable bonds is 4. The number of nitrogens with zero attached hydrogens (tertiary/aromatic N) is 1. The van der Waals surface area contributed by atoms with Crippen LogP contribution in [0, 0.1) is 5.92 Å². The van der Waals surface area contributed by atoms with E-state index in [0.717, 1.165) is 23.6 Å². The van der Waals surface area contributed by atoms with Crippen LogP contribution in [0.25, 0.3) is 0 Å². The summed E-state index contributed by atoms with van der Waals surface area (Å²) in [5.74, 6) is 0.113. The van der Waals surface area contributed by atoms with E-state index in [2.05, 4.69) is 6.92 Å². The topological polar surface area (TPSA) is 63.7 Å². The Morgan fingerprint density at radius 2 is 2.00 bits per heavy atom. The van der Waals surface area contributed by atoms with Crippen LogP contribution in [0.15, 0.2) is 29.2 Å². The fraction of sp³-hybridized carbons (Fsp3) is 0.562. The van der Waals surface area contributed by atoms with Crippen molar-refractivity contribution in [1.82, 2.24) is 4.31 Å². The number of ether oxygens (including phenoxy) is 1. The van der Waals surface area contributed by atoms with Gasteiger partial charge < -0.3 is 4.74 Å². The Hall–Kier alpha value is -1.40. The molecule has 0 spiro atoms. The molecular weight excluding hydrogens is 302 g/mol. The van der Waals surface area contributed by atoms with Gasteiger partial charge in [-0.1, -0.05) is 19.4 Å². The highest BCUT2D eigenvalue weighted by Gasteiger charge is 2.24. The van der Waals surface area contributed by atoms with Crippen LogP contribution >= 0.6 is 0 Å². The lowest BCUT2D eigenvalue weighted by Gasteiger charge is -2.26. The molecule has 1 saturated carbocycles. The molecule has 0 N–H and O–H groups in total. The molecule has 1 aromatic carbocycles. The first kappa shape index (κ1) is 17.0. The van der Waals surface area contributed by atoms with Gasteiger partial charge in [-0.05, 0) is 43.4 Å². The Bertz CT molecular complexity index is 639. The van der Waals surface area contributed by atoms with Gasteiger partial charge >= 0.3 is 5.97 Å². The molecule has 0 unspecified atom stereocenters. The Balaban J connectivity index is 2.14. The molecular formula is C16H23NO4S. The minimum atomic E-state index is -3.55. The van der Waals surface area contributed by atoms with E-state index in [1.165, 1.54) is 32.6 Å². The van der Waals surface area contributed by atoms with Crippen molar-refractivity contribution in [3.8, 4) is 0 Å². The van der Waals surface area contributed by atoms with E-state index in [1.54, 1.807) is 12.1 Å². The summed E-state index contributed by atoms with van der Waals surface area (Å²) >= 11 is 0. The van der Waals surface area contributed by atoms with Crippen molar-refractivity contribution in [2.75, 3.05) is 14.1 Å². The standard InChI is InChI=1S/C16H23NO4S/c1-12-6-4-8-14(10-12)21-16(18)13-7-5-9-15(11-13)22(19,20)17(2)3/h5,7,9,11-12,14H,4,6,8,10H2,1-3H3/t12-,14+/m1/s1. The highest BCUT2D eigenvalue weighted by molar-refractivity contribution is 7.89. The maximum absolute atomic E-state index is 12.2. The van der Waals surface area contributed by atoms with Crippen molar-refractivity contribution in [3.63, 3.8) is 0 Å². The lowest BCUT2D eigenvalue weighted by Crippen LogP contribution is -2.25. The number of hydrogen-bond donors (Lipinski definition) is 0. The molecule has 122 valence electrons. The minimum absolute atomic E-state index is 0.0645. The smallest absolute Gasteiger partial charge is 0.338 e. The minimum Gasteiger partial charge on any atom is -0.459 e. The van der Waals surface area contributed by atoms with Gasteiger partial charge in [0, 0.05) is 14.1 Å². The third kappa shape index (κ3) is 3.87. The molecule has 2 rings (SSSR count). The van der Waals surface area contributed by atoms with Crippen molar-refractivity contribution in [2.24, 2.45) is 5.92 Å². The SMILES string of the molecule is C[C@@H]1CCC[C@H](OC(=O)c2cccc(S(=O)(=O)N(C)C)c2)C1. The van der Waals surface area contributed by atoms with Gasteiger partial charge in [-0.15, -0.1) is 0 Å². The first-order chi connectivity index (χ1) is 10.3. The van der Waals surface area contributed by atoms with Crippen molar-refractivity contribution in [2.45, 2.75) is 43.6 Å². The lowest BCUT2D eigenvalue weighted by atomic mass is 9.89. The molecule has 0 amide bonds. The van der Waals surface area contributed by atoms with Crippen LogP contribution in [0.3, 0.4) is 0 Å². The molecule has 1 aromatic rings. The number of carbonyl (C=O) groups excluding carboxylic acids is 1. The monoisotopic (exact) mass is 325 g/mol. The lowest BCUT2D eigenvalue weighted by molar-refractivity contribution is 0.0155. The van der Waals surface area contributed by atoms with Gasteiger partial charge in [0.2, 0.25) is 10.0 Å². The summed E-state index contributed by atoms with van der Waals surface area (Å²) in [5, 5.41) is 0. The first-order valence-electron chi connectivity index (χ1n) is 7.54. The molecule has 6 heteroatoms. The second-order valence-corrected chi connectivity index (χ2v) is 8.27. The van der Waals surface area contributed by atoms with E-state index in [9.17, 15) is 13.2 Å².